The molecule has 0 spiro atoms. The van der Waals surface area contributed by atoms with Crippen molar-refractivity contribution in [3.63, 3.8) is 0 Å². The molecule has 2 nitrogen and oxygen atoms in total. The fourth-order valence-electron chi connectivity index (χ4n) is 5.21. The summed E-state index contributed by atoms with van der Waals surface area (Å²) < 4.78 is 121. The summed E-state index contributed by atoms with van der Waals surface area (Å²) in [5.41, 5.74) is -4.02. The zero-order valence-electron chi connectivity index (χ0n) is 20.7. The number of halogens is 8. The van der Waals surface area contributed by atoms with Gasteiger partial charge in [-0.05, 0) is 72.9 Å². The molecule has 0 aliphatic heterocycles. The summed E-state index contributed by atoms with van der Waals surface area (Å²) >= 11 is 0. The highest BCUT2D eigenvalue weighted by Gasteiger charge is 2.42. The third-order valence-electron chi connectivity index (χ3n) is 7.07. The fourth-order valence-corrected chi connectivity index (χ4v) is 5.21. The largest absolute Gasteiger partial charge is 0.432 e. The first-order valence-electron chi connectivity index (χ1n) is 12.4. The molecule has 4 rings (SSSR count). The van der Waals surface area contributed by atoms with Gasteiger partial charge in [-0.2, -0.15) is 14.0 Å². The van der Waals surface area contributed by atoms with Crippen LogP contribution >= 0.6 is 0 Å². The molecule has 3 aromatic carbocycles. The number of nitrogens with zero attached hydrogens (tertiary/aromatic N) is 1. The molecule has 0 bridgehead atoms. The van der Waals surface area contributed by atoms with Crippen molar-refractivity contribution in [2.24, 2.45) is 5.92 Å². The Morgan fingerprint density at radius 1 is 0.795 bits per heavy atom. The van der Waals surface area contributed by atoms with Crippen LogP contribution in [0.2, 0.25) is 0 Å². The van der Waals surface area contributed by atoms with Crippen LogP contribution in [-0.2, 0) is 6.11 Å². The second-order valence-corrected chi connectivity index (χ2v) is 9.67. The van der Waals surface area contributed by atoms with Crippen LogP contribution in [0.5, 0.6) is 5.75 Å². The Balaban J connectivity index is 1.62. The Kier molecular flexibility index (Phi) is 8.19. The summed E-state index contributed by atoms with van der Waals surface area (Å²) in [5.74, 6) is -9.69. The number of benzene rings is 3. The topological polar surface area (TPSA) is 33.0 Å². The van der Waals surface area contributed by atoms with Gasteiger partial charge in [-0.1, -0.05) is 19.8 Å². The number of alkyl halides is 2. The zero-order valence-corrected chi connectivity index (χ0v) is 20.7. The zero-order chi connectivity index (χ0) is 28.5. The van der Waals surface area contributed by atoms with Gasteiger partial charge in [-0.25, -0.2) is 26.3 Å². The van der Waals surface area contributed by atoms with Gasteiger partial charge < -0.3 is 4.74 Å². The molecule has 0 aromatic heterocycles. The maximum Gasteiger partial charge on any atom is 0.432 e. The van der Waals surface area contributed by atoms with E-state index in [1.807, 2.05) is 0 Å². The molecule has 1 saturated carbocycles. The van der Waals surface area contributed by atoms with Crippen LogP contribution in [-0.4, -0.2) is 0 Å². The molecule has 1 aliphatic rings. The third-order valence-corrected chi connectivity index (χ3v) is 7.07. The molecule has 3 aromatic rings. The molecule has 0 radical (unpaired) electrons. The molecular weight excluding hydrogens is 530 g/mol. The van der Waals surface area contributed by atoms with Crippen molar-refractivity contribution in [2.45, 2.75) is 57.5 Å². The second kappa shape index (κ2) is 11.2. The standard InChI is InChI=1S/C29H23F8NO/c1-2-3-15-4-6-16(7-5-15)17-8-23(32)27(24(33)9-17)18-10-25(34)28(26(35)11-18)29(36,37)39-19-12-21(30)20(14-38)22(31)13-19/h8-13,15-16H,2-7H2,1H3. The van der Waals surface area contributed by atoms with Crippen LogP contribution in [0.15, 0.2) is 36.4 Å². The molecule has 0 atom stereocenters. The first kappa shape index (κ1) is 28.4. The maximum atomic E-state index is 15.0. The molecule has 0 N–H and O–H groups in total. The normalized spacial score (nSPS) is 17.6. The summed E-state index contributed by atoms with van der Waals surface area (Å²) in [6, 6.07) is 4.54. The first-order valence-corrected chi connectivity index (χ1v) is 12.4. The van der Waals surface area contributed by atoms with E-state index in [4.69, 9.17) is 5.26 Å². The van der Waals surface area contributed by atoms with E-state index in [0.29, 0.717) is 23.6 Å². The average molecular weight is 553 g/mol. The number of ether oxygens (including phenoxy) is 1. The molecule has 0 saturated heterocycles. The molecule has 10 heteroatoms. The van der Waals surface area contributed by atoms with Crippen molar-refractivity contribution in [3.05, 3.63) is 88.0 Å². The van der Waals surface area contributed by atoms with Crippen molar-refractivity contribution >= 4 is 0 Å². The van der Waals surface area contributed by atoms with Crippen LogP contribution in [0, 0.1) is 52.2 Å². The molecule has 1 fully saturated rings. The van der Waals surface area contributed by atoms with Gasteiger partial charge in [-0.3, -0.25) is 0 Å². The number of nitriles is 1. The molecule has 0 amide bonds. The maximum absolute atomic E-state index is 15.0. The fraction of sp³-hybridized carbons (Fsp3) is 0.345. The van der Waals surface area contributed by atoms with Crippen molar-refractivity contribution in [1.82, 2.24) is 0 Å². The summed E-state index contributed by atoms with van der Waals surface area (Å²) in [7, 11) is 0. The Bertz CT molecular complexity index is 1350. The highest BCUT2D eigenvalue weighted by molar-refractivity contribution is 5.66. The van der Waals surface area contributed by atoms with Crippen LogP contribution in [0.25, 0.3) is 11.1 Å². The van der Waals surface area contributed by atoms with Gasteiger partial charge in [-0.15, -0.1) is 0 Å². The van der Waals surface area contributed by atoms with Crippen molar-refractivity contribution < 1.29 is 39.9 Å². The van der Waals surface area contributed by atoms with E-state index in [9.17, 15) is 26.3 Å². The SMILES string of the molecule is CCCC1CCC(c2cc(F)c(-c3cc(F)c(C(F)(F)Oc4cc(F)c(C#N)c(F)c4)c(F)c3)c(F)c2)CC1. The molecule has 0 heterocycles. The Labute approximate surface area is 219 Å². The van der Waals surface area contributed by atoms with Crippen LogP contribution in [0.4, 0.5) is 35.1 Å². The minimum atomic E-state index is -4.78. The Morgan fingerprint density at radius 3 is 1.82 bits per heavy atom. The van der Waals surface area contributed by atoms with Gasteiger partial charge in [0, 0.05) is 12.1 Å². The summed E-state index contributed by atoms with van der Waals surface area (Å²) in [4.78, 5) is 0. The predicted octanol–water partition coefficient (Wildman–Crippen LogP) is 9.26. The summed E-state index contributed by atoms with van der Waals surface area (Å²) in [6.45, 7) is 2.10. The summed E-state index contributed by atoms with van der Waals surface area (Å²) in [6.07, 6.45) is 0.735. The number of hydrogen-bond acceptors (Lipinski definition) is 2. The minimum absolute atomic E-state index is 0.0697. The lowest BCUT2D eigenvalue weighted by Crippen LogP contribution is -2.25. The van der Waals surface area contributed by atoms with Gasteiger partial charge in [0.1, 0.15) is 57.8 Å². The summed E-state index contributed by atoms with van der Waals surface area (Å²) in [5, 5.41) is 8.67. The molecule has 39 heavy (non-hydrogen) atoms. The molecular formula is C29H23F8NO. The lowest BCUT2D eigenvalue weighted by Gasteiger charge is -2.29. The van der Waals surface area contributed by atoms with Crippen LogP contribution < -0.4 is 4.74 Å². The van der Waals surface area contributed by atoms with E-state index >= 15 is 8.78 Å². The van der Waals surface area contributed by atoms with Crippen molar-refractivity contribution in [1.29, 1.82) is 5.26 Å². The smallest absolute Gasteiger partial charge is 0.429 e. The number of rotatable bonds is 7. The Hall–Kier alpha value is -3.61. The van der Waals surface area contributed by atoms with E-state index in [1.165, 1.54) is 6.07 Å². The average Bonchev–Trinajstić information content (AvgIpc) is 2.83. The van der Waals surface area contributed by atoms with Crippen molar-refractivity contribution in [3.8, 4) is 22.9 Å². The minimum Gasteiger partial charge on any atom is -0.429 e. The van der Waals surface area contributed by atoms with Gasteiger partial charge in [0.05, 0.1) is 5.56 Å². The predicted molar refractivity (Wildman–Crippen MR) is 127 cm³/mol. The molecule has 0 unspecified atom stereocenters. The highest BCUT2D eigenvalue weighted by atomic mass is 19.3. The van der Waals surface area contributed by atoms with Gasteiger partial charge in [0.15, 0.2) is 0 Å². The van der Waals surface area contributed by atoms with Gasteiger partial charge in [0.25, 0.3) is 0 Å². The van der Waals surface area contributed by atoms with Crippen LogP contribution in [0.1, 0.15) is 68.1 Å². The second-order valence-electron chi connectivity index (χ2n) is 9.67. The van der Waals surface area contributed by atoms with E-state index in [-0.39, 0.29) is 18.1 Å². The monoisotopic (exact) mass is 553 g/mol. The molecule has 1 aliphatic carbocycles. The third kappa shape index (κ3) is 5.87. The van der Waals surface area contributed by atoms with E-state index in [0.717, 1.165) is 50.7 Å². The van der Waals surface area contributed by atoms with Gasteiger partial charge in [0.2, 0.25) is 0 Å². The first-order chi connectivity index (χ1) is 18.4. The van der Waals surface area contributed by atoms with Crippen molar-refractivity contribution in [2.75, 3.05) is 0 Å². The van der Waals surface area contributed by atoms with E-state index in [1.54, 1.807) is 0 Å². The Morgan fingerprint density at radius 2 is 1.33 bits per heavy atom. The highest BCUT2D eigenvalue weighted by Crippen LogP contribution is 2.41. The number of hydrogen-bond donors (Lipinski definition) is 0. The van der Waals surface area contributed by atoms with Crippen LogP contribution in [0.3, 0.4) is 0 Å². The quantitative estimate of drug-likeness (QED) is 0.273. The van der Waals surface area contributed by atoms with E-state index < -0.39 is 69.0 Å². The lowest BCUT2D eigenvalue weighted by molar-refractivity contribution is -0.189. The van der Waals surface area contributed by atoms with E-state index in [2.05, 4.69) is 11.7 Å². The lowest BCUT2D eigenvalue weighted by atomic mass is 9.77. The van der Waals surface area contributed by atoms with Gasteiger partial charge >= 0.3 is 6.11 Å². The molecule has 206 valence electrons.